The summed E-state index contributed by atoms with van der Waals surface area (Å²) in [5, 5.41) is 2.85. The van der Waals surface area contributed by atoms with Gasteiger partial charge in [0.15, 0.2) is 6.10 Å². The van der Waals surface area contributed by atoms with Crippen molar-refractivity contribution in [2.45, 2.75) is 31.9 Å². The van der Waals surface area contributed by atoms with Gasteiger partial charge in [0, 0.05) is 6.04 Å². The Morgan fingerprint density at radius 2 is 2.06 bits per heavy atom. The van der Waals surface area contributed by atoms with E-state index in [1.807, 2.05) is 0 Å². The van der Waals surface area contributed by atoms with E-state index in [4.69, 9.17) is 4.74 Å². The molecule has 0 spiro atoms. The third-order valence-electron chi connectivity index (χ3n) is 2.42. The zero-order valence-electron chi connectivity index (χ0n) is 9.07. The lowest BCUT2D eigenvalue weighted by Gasteiger charge is -2.14. The van der Waals surface area contributed by atoms with Crippen molar-refractivity contribution in [1.82, 2.24) is 5.32 Å². The van der Waals surface area contributed by atoms with Crippen LogP contribution >= 0.6 is 0 Å². The monoisotopic (exact) mass is 223 g/mol. The van der Waals surface area contributed by atoms with Crippen molar-refractivity contribution in [2.75, 3.05) is 0 Å². The molecule has 1 aliphatic rings. The van der Waals surface area contributed by atoms with Gasteiger partial charge >= 0.3 is 0 Å². The molecule has 2 rings (SSSR count). The number of ether oxygens (including phenoxy) is 1. The van der Waals surface area contributed by atoms with Crippen LogP contribution in [-0.2, 0) is 4.79 Å². The quantitative estimate of drug-likeness (QED) is 0.846. The van der Waals surface area contributed by atoms with Gasteiger partial charge in [0.25, 0.3) is 5.91 Å². The molecule has 1 amide bonds. The molecule has 16 heavy (non-hydrogen) atoms. The summed E-state index contributed by atoms with van der Waals surface area (Å²) in [6, 6.07) is 5.96. The number of amides is 1. The molecular formula is C12H14FNO2. The summed E-state index contributed by atoms with van der Waals surface area (Å²) in [6.07, 6.45) is 1.55. The standard InChI is InChI=1S/C12H14FNO2/c1-8(12(15)14-10-4-5-10)16-11-6-2-9(13)3-7-11/h2-3,6-8,10H,4-5H2,1H3,(H,14,15)/t8-/m0/s1. The molecule has 1 fully saturated rings. The van der Waals surface area contributed by atoms with E-state index in [1.54, 1.807) is 6.92 Å². The van der Waals surface area contributed by atoms with Crippen LogP contribution in [0.25, 0.3) is 0 Å². The summed E-state index contributed by atoms with van der Waals surface area (Å²) in [4.78, 5) is 11.6. The summed E-state index contributed by atoms with van der Waals surface area (Å²) in [6.45, 7) is 1.68. The van der Waals surface area contributed by atoms with Crippen molar-refractivity contribution in [3.63, 3.8) is 0 Å². The predicted molar refractivity (Wildman–Crippen MR) is 57.7 cm³/mol. The Hall–Kier alpha value is -1.58. The van der Waals surface area contributed by atoms with E-state index >= 15 is 0 Å². The van der Waals surface area contributed by atoms with Gasteiger partial charge in [0.1, 0.15) is 11.6 Å². The largest absolute Gasteiger partial charge is 0.481 e. The molecule has 0 heterocycles. The molecule has 1 saturated carbocycles. The maximum Gasteiger partial charge on any atom is 0.260 e. The lowest BCUT2D eigenvalue weighted by Crippen LogP contribution is -2.37. The predicted octanol–water partition coefficient (Wildman–Crippen LogP) is 1.87. The van der Waals surface area contributed by atoms with Gasteiger partial charge in [0.2, 0.25) is 0 Å². The van der Waals surface area contributed by atoms with E-state index in [2.05, 4.69) is 5.32 Å². The molecule has 0 aromatic heterocycles. The van der Waals surface area contributed by atoms with E-state index in [0.29, 0.717) is 11.8 Å². The Kier molecular flexibility index (Phi) is 3.08. The minimum Gasteiger partial charge on any atom is -0.481 e. The van der Waals surface area contributed by atoms with E-state index in [0.717, 1.165) is 12.8 Å². The van der Waals surface area contributed by atoms with Gasteiger partial charge in [0.05, 0.1) is 0 Å². The van der Waals surface area contributed by atoms with Crippen LogP contribution in [0.3, 0.4) is 0 Å². The van der Waals surface area contributed by atoms with E-state index < -0.39 is 6.10 Å². The summed E-state index contributed by atoms with van der Waals surface area (Å²) >= 11 is 0. The van der Waals surface area contributed by atoms with Crippen LogP contribution in [0.1, 0.15) is 19.8 Å². The highest BCUT2D eigenvalue weighted by molar-refractivity contribution is 5.81. The van der Waals surface area contributed by atoms with Gasteiger partial charge in [-0.3, -0.25) is 4.79 Å². The minimum atomic E-state index is -0.550. The average molecular weight is 223 g/mol. The van der Waals surface area contributed by atoms with Crippen molar-refractivity contribution in [3.05, 3.63) is 30.1 Å². The fourth-order valence-electron chi connectivity index (χ4n) is 1.32. The highest BCUT2D eigenvalue weighted by atomic mass is 19.1. The van der Waals surface area contributed by atoms with E-state index in [9.17, 15) is 9.18 Å². The first-order valence-electron chi connectivity index (χ1n) is 5.38. The average Bonchev–Trinajstić information content (AvgIpc) is 3.05. The molecule has 4 heteroatoms. The Bertz CT molecular complexity index is 373. The Morgan fingerprint density at radius 3 is 2.62 bits per heavy atom. The van der Waals surface area contributed by atoms with Crippen molar-refractivity contribution < 1.29 is 13.9 Å². The maximum absolute atomic E-state index is 12.6. The van der Waals surface area contributed by atoms with Crippen LogP contribution < -0.4 is 10.1 Å². The number of nitrogens with one attached hydrogen (secondary N) is 1. The van der Waals surface area contributed by atoms with Crippen LogP contribution in [0.2, 0.25) is 0 Å². The van der Waals surface area contributed by atoms with Crippen LogP contribution in [0.5, 0.6) is 5.75 Å². The molecule has 0 bridgehead atoms. The van der Waals surface area contributed by atoms with Gasteiger partial charge in [-0.15, -0.1) is 0 Å². The second kappa shape index (κ2) is 4.51. The second-order valence-electron chi connectivity index (χ2n) is 4.00. The maximum atomic E-state index is 12.6. The zero-order valence-corrected chi connectivity index (χ0v) is 9.07. The lowest BCUT2D eigenvalue weighted by molar-refractivity contribution is -0.127. The normalized spacial score (nSPS) is 16.6. The highest BCUT2D eigenvalue weighted by Gasteiger charge is 2.26. The molecule has 0 radical (unpaired) electrons. The van der Waals surface area contributed by atoms with Crippen LogP contribution in [0.4, 0.5) is 4.39 Å². The first-order valence-corrected chi connectivity index (χ1v) is 5.38. The van der Waals surface area contributed by atoms with Gasteiger partial charge in [-0.05, 0) is 44.0 Å². The molecule has 0 saturated heterocycles. The van der Waals surface area contributed by atoms with Crippen molar-refractivity contribution in [1.29, 1.82) is 0 Å². The number of carbonyl (C=O) groups excluding carboxylic acids is 1. The summed E-state index contributed by atoms with van der Waals surface area (Å²) in [7, 11) is 0. The van der Waals surface area contributed by atoms with Crippen molar-refractivity contribution in [3.8, 4) is 5.75 Å². The molecule has 1 atom stereocenters. The first kappa shape index (κ1) is 10.9. The molecule has 1 N–H and O–H groups in total. The Morgan fingerprint density at radius 1 is 1.44 bits per heavy atom. The number of carbonyl (C=O) groups is 1. The highest BCUT2D eigenvalue weighted by Crippen LogP contribution is 2.19. The summed E-state index contributed by atoms with van der Waals surface area (Å²) in [5.41, 5.74) is 0. The molecule has 0 unspecified atom stereocenters. The third kappa shape index (κ3) is 2.95. The summed E-state index contributed by atoms with van der Waals surface area (Å²) < 4.78 is 18.0. The number of halogens is 1. The van der Waals surface area contributed by atoms with Crippen molar-refractivity contribution in [2.24, 2.45) is 0 Å². The molecule has 3 nitrogen and oxygen atoms in total. The topological polar surface area (TPSA) is 38.3 Å². The van der Waals surface area contributed by atoms with Crippen LogP contribution in [-0.4, -0.2) is 18.1 Å². The molecule has 1 aromatic carbocycles. The number of hydrogen-bond acceptors (Lipinski definition) is 2. The second-order valence-corrected chi connectivity index (χ2v) is 4.00. The van der Waals surface area contributed by atoms with Gasteiger partial charge in [-0.2, -0.15) is 0 Å². The summed E-state index contributed by atoms with van der Waals surface area (Å²) in [5.74, 6) is 0.0640. The minimum absolute atomic E-state index is 0.119. The lowest BCUT2D eigenvalue weighted by atomic mass is 10.3. The fraction of sp³-hybridized carbons (Fsp3) is 0.417. The SMILES string of the molecule is C[C@H](Oc1ccc(F)cc1)C(=O)NC1CC1. The van der Waals surface area contributed by atoms with E-state index in [-0.39, 0.29) is 11.7 Å². The van der Waals surface area contributed by atoms with E-state index in [1.165, 1.54) is 24.3 Å². The fourth-order valence-corrected chi connectivity index (χ4v) is 1.32. The molecule has 1 aliphatic carbocycles. The Labute approximate surface area is 93.6 Å². The van der Waals surface area contributed by atoms with Crippen LogP contribution in [0, 0.1) is 5.82 Å². The number of benzene rings is 1. The van der Waals surface area contributed by atoms with Gasteiger partial charge in [-0.25, -0.2) is 4.39 Å². The Balaban J connectivity index is 1.87. The first-order chi connectivity index (χ1) is 7.65. The van der Waals surface area contributed by atoms with Gasteiger partial charge in [-0.1, -0.05) is 0 Å². The van der Waals surface area contributed by atoms with Crippen LogP contribution in [0.15, 0.2) is 24.3 Å². The number of rotatable bonds is 4. The molecule has 0 aliphatic heterocycles. The zero-order chi connectivity index (χ0) is 11.5. The molecule has 1 aromatic rings. The molecule has 86 valence electrons. The molecular weight excluding hydrogens is 209 g/mol. The van der Waals surface area contributed by atoms with Crippen molar-refractivity contribution >= 4 is 5.91 Å². The smallest absolute Gasteiger partial charge is 0.260 e. The third-order valence-corrected chi connectivity index (χ3v) is 2.42. The number of hydrogen-bond donors (Lipinski definition) is 1. The van der Waals surface area contributed by atoms with Gasteiger partial charge < -0.3 is 10.1 Å².